The van der Waals surface area contributed by atoms with Crippen LogP contribution >= 0.6 is 0 Å². The molecule has 1 heteroatoms. The molecule has 0 amide bonds. The lowest BCUT2D eigenvalue weighted by molar-refractivity contribution is 0.270. The van der Waals surface area contributed by atoms with Crippen molar-refractivity contribution in [2.75, 3.05) is 0 Å². The second-order valence-corrected chi connectivity index (χ2v) is 6.61. The Morgan fingerprint density at radius 3 is 2.41 bits per heavy atom. The zero-order valence-corrected chi connectivity index (χ0v) is 11.9. The van der Waals surface area contributed by atoms with Crippen LogP contribution in [0.5, 0.6) is 0 Å². The smallest absolute Gasteiger partial charge is 0.00721 e. The van der Waals surface area contributed by atoms with Gasteiger partial charge in [0.2, 0.25) is 0 Å². The second kappa shape index (κ2) is 6.78. The monoisotopic (exact) mass is 237 g/mol. The summed E-state index contributed by atoms with van der Waals surface area (Å²) in [4.78, 5) is 0. The van der Waals surface area contributed by atoms with Crippen molar-refractivity contribution in [3.8, 4) is 0 Å². The molecule has 2 aliphatic carbocycles. The van der Waals surface area contributed by atoms with Crippen molar-refractivity contribution in [1.82, 2.24) is 5.32 Å². The van der Waals surface area contributed by atoms with E-state index >= 15 is 0 Å². The summed E-state index contributed by atoms with van der Waals surface area (Å²) in [5, 5.41) is 3.97. The van der Waals surface area contributed by atoms with E-state index in [0.717, 1.165) is 23.9 Å². The molecule has 1 N–H and O–H groups in total. The lowest BCUT2D eigenvalue weighted by Crippen LogP contribution is -2.40. The van der Waals surface area contributed by atoms with Gasteiger partial charge >= 0.3 is 0 Å². The van der Waals surface area contributed by atoms with Gasteiger partial charge < -0.3 is 5.32 Å². The average Bonchev–Trinajstić information content (AvgIpc) is 2.54. The van der Waals surface area contributed by atoms with Gasteiger partial charge in [-0.3, -0.25) is 0 Å². The third-order valence-corrected chi connectivity index (χ3v) is 5.07. The molecule has 0 aromatic heterocycles. The summed E-state index contributed by atoms with van der Waals surface area (Å²) in [5.74, 6) is 1.97. The molecule has 1 nitrogen and oxygen atoms in total. The highest BCUT2D eigenvalue weighted by atomic mass is 15.0. The molecule has 0 bridgehead atoms. The average molecular weight is 237 g/mol. The second-order valence-electron chi connectivity index (χ2n) is 6.61. The van der Waals surface area contributed by atoms with Crippen molar-refractivity contribution in [2.45, 2.75) is 90.1 Å². The van der Waals surface area contributed by atoms with Gasteiger partial charge in [0.25, 0.3) is 0 Å². The van der Waals surface area contributed by atoms with Gasteiger partial charge in [-0.05, 0) is 43.9 Å². The summed E-state index contributed by atoms with van der Waals surface area (Å²) in [7, 11) is 0. The van der Waals surface area contributed by atoms with E-state index in [-0.39, 0.29) is 0 Å². The molecule has 0 heterocycles. The molecule has 0 aromatic carbocycles. The van der Waals surface area contributed by atoms with E-state index in [4.69, 9.17) is 0 Å². The molecule has 2 fully saturated rings. The Balaban J connectivity index is 1.74. The molecule has 0 spiro atoms. The Hall–Kier alpha value is -0.0400. The van der Waals surface area contributed by atoms with Crippen LogP contribution in [0.25, 0.3) is 0 Å². The Bertz CT molecular complexity index is 214. The van der Waals surface area contributed by atoms with Crippen LogP contribution in [0, 0.1) is 11.8 Å². The number of rotatable bonds is 3. The van der Waals surface area contributed by atoms with Crippen LogP contribution in [0.2, 0.25) is 0 Å². The van der Waals surface area contributed by atoms with Gasteiger partial charge in [-0.25, -0.2) is 0 Å². The van der Waals surface area contributed by atoms with Crippen molar-refractivity contribution in [1.29, 1.82) is 0 Å². The maximum absolute atomic E-state index is 3.97. The number of hydrogen-bond acceptors (Lipinski definition) is 1. The SMILES string of the molecule is CCC1CCCC(NC2CCCC(C)C2)CC1. The van der Waals surface area contributed by atoms with E-state index in [2.05, 4.69) is 19.2 Å². The Morgan fingerprint density at radius 2 is 1.65 bits per heavy atom. The standard InChI is InChI=1S/C16H31N/c1-3-14-7-5-8-15(11-10-14)17-16-9-4-6-13(2)12-16/h13-17H,3-12H2,1-2H3. The van der Waals surface area contributed by atoms with Crippen molar-refractivity contribution in [3.63, 3.8) is 0 Å². The van der Waals surface area contributed by atoms with Crippen LogP contribution in [0.15, 0.2) is 0 Å². The van der Waals surface area contributed by atoms with Gasteiger partial charge in [0.05, 0.1) is 0 Å². The first-order valence-corrected chi connectivity index (χ1v) is 8.04. The topological polar surface area (TPSA) is 12.0 Å². The molecule has 100 valence electrons. The largest absolute Gasteiger partial charge is 0.311 e. The van der Waals surface area contributed by atoms with Gasteiger partial charge in [0.1, 0.15) is 0 Å². The van der Waals surface area contributed by atoms with Crippen LogP contribution in [0.1, 0.15) is 78.1 Å². The zero-order valence-electron chi connectivity index (χ0n) is 11.9. The molecule has 0 radical (unpaired) electrons. The molecule has 0 aliphatic heterocycles. The normalized spacial score (nSPS) is 39.9. The molecular weight excluding hydrogens is 206 g/mol. The van der Waals surface area contributed by atoms with Crippen LogP contribution in [-0.4, -0.2) is 12.1 Å². The molecule has 2 saturated carbocycles. The van der Waals surface area contributed by atoms with Crippen molar-refractivity contribution >= 4 is 0 Å². The Kier molecular flexibility index (Phi) is 5.34. The fourth-order valence-corrected chi connectivity index (χ4v) is 3.87. The highest BCUT2D eigenvalue weighted by Gasteiger charge is 2.23. The molecule has 17 heavy (non-hydrogen) atoms. The molecule has 0 saturated heterocycles. The van der Waals surface area contributed by atoms with Gasteiger partial charge in [-0.15, -0.1) is 0 Å². The summed E-state index contributed by atoms with van der Waals surface area (Å²) < 4.78 is 0. The minimum atomic E-state index is 0.835. The van der Waals surface area contributed by atoms with Crippen LogP contribution in [0.4, 0.5) is 0 Å². The van der Waals surface area contributed by atoms with Gasteiger partial charge in [-0.1, -0.05) is 46.0 Å². The van der Waals surface area contributed by atoms with E-state index in [1.165, 1.54) is 64.2 Å². The third-order valence-electron chi connectivity index (χ3n) is 5.07. The van der Waals surface area contributed by atoms with E-state index in [1.54, 1.807) is 0 Å². The fraction of sp³-hybridized carbons (Fsp3) is 1.00. The summed E-state index contributed by atoms with van der Waals surface area (Å²) in [6, 6.07) is 1.67. The Morgan fingerprint density at radius 1 is 0.882 bits per heavy atom. The summed E-state index contributed by atoms with van der Waals surface area (Å²) in [6.45, 7) is 4.79. The number of nitrogens with one attached hydrogen (secondary N) is 1. The molecular formula is C16H31N. The van der Waals surface area contributed by atoms with E-state index in [0.29, 0.717) is 0 Å². The predicted octanol–water partition coefficient (Wildman–Crippen LogP) is 4.51. The summed E-state index contributed by atoms with van der Waals surface area (Å²) in [6.07, 6.45) is 14.4. The van der Waals surface area contributed by atoms with E-state index in [1.807, 2.05) is 0 Å². The first-order chi connectivity index (χ1) is 8.28. The Labute approximate surface area is 108 Å². The van der Waals surface area contributed by atoms with Gasteiger partial charge in [-0.2, -0.15) is 0 Å². The van der Waals surface area contributed by atoms with Crippen molar-refractivity contribution in [2.24, 2.45) is 11.8 Å². The molecule has 0 aromatic rings. The lowest BCUT2D eigenvalue weighted by atomic mass is 9.86. The highest BCUT2D eigenvalue weighted by molar-refractivity contribution is 4.82. The fourth-order valence-electron chi connectivity index (χ4n) is 3.87. The maximum atomic E-state index is 3.97. The minimum absolute atomic E-state index is 0.835. The highest BCUT2D eigenvalue weighted by Crippen LogP contribution is 2.28. The molecule has 2 aliphatic rings. The van der Waals surface area contributed by atoms with Crippen molar-refractivity contribution < 1.29 is 0 Å². The van der Waals surface area contributed by atoms with Crippen LogP contribution < -0.4 is 5.32 Å². The zero-order chi connectivity index (χ0) is 12.1. The molecule has 2 rings (SSSR count). The van der Waals surface area contributed by atoms with Crippen LogP contribution in [0.3, 0.4) is 0 Å². The number of hydrogen-bond donors (Lipinski definition) is 1. The van der Waals surface area contributed by atoms with Crippen LogP contribution in [-0.2, 0) is 0 Å². The summed E-state index contributed by atoms with van der Waals surface area (Å²) in [5.41, 5.74) is 0. The first kappa shape index (κ1) is 13.4. The third kappa shape index (κ3) is 4.28. The van der Waals surface area contributed by atoms with E-state index in [9.17, 15) is 0 Å². The molecule has 4 atom stereocenters. The van der Waals surface area contributed by atoms with Gasteiger partial charge in [0, 0.05) is 12.1 Å². The lowest BCUT2D eigenvalue weighted by Gasteiger charge is -2.31. The van der Waals surface area contributed by atoms with E-state index < -0.39 is 0 Å². The first-order valence-electron chi connectivity index (χ1n) is 8.04. The predicted molar refractivity (Wildman–Crippen MR) is 75.2 cm³/mol. The molecule has 4 unspecified atom stereocenters. The minimum Gasteiger partial charge on any atom is -0.311 e. The van der Waals surface area contributed by atoms with Crippen molar-refractivity contribution in [3.05, 3.63) is 0 Å². The summed E-state index contributed by atoms with van der Waals surface area (Å²) >= 11 is 0. The quantitative estimate of drug-likeness (QED) is 0.712. The maximum Gasteiger partial charge on any atom is 0.00721 e. The van der Waals surface area contributed by atoms with Gasteiger partial charge in [0.15, 0.2) is 0 Å².